The van der Waals surface area contributed by atoms with E-state index in [1.54, 1.807) is 0 Å². The monoisotopic (exact) mass is 238 g/mol. The summed E-state index contributed by atoms with van der Waals surface area (Å²) in [4.78, 5) is 8.04. The molecule has 0 radical (unpaired) electrons. The van der Waals surface area contributed by atoms with E-state index in [-0.39, 0.29) is 5.96 Å². The van der Waals surface area contributed by atoms with Gasteiger partial charge in [-0.15, -0.1) is 11.3 Å². The SMILES string of the molecule is CC(CN=C(N)N)N1CCc2sccc2C1. The van der Waals surface area contributed by atoms with E-state index in [1.165, 1.54) is 10.4 Å². The molecule has 1 aromatic heterocycles. The summed E-state index contributed by atoms with van der Waals surface area (Å²) in [5, 5.41) is 2.18. The fourth-order valence-electron chi connectivity index (χ4n) is 2.00. The molecular formula is C11H18N4S. The second-order valence-corrected chi connectivity index (χ2v) is 5.20. The molecule has 0 aromatic carbocycles. The summed E-state index contributed by atoms with van der Waals surface area (Å²) < 4.78 is 0. The summed E-state index contributed by atoms with van der Waals surface area (Å²) in [6, 6.07) is 2.62. The van der Waals surface area contributed by atoms with Crippen LogP contribution in [0.25, 0.3) is 0 Å². The summed E-state index contributed by atoms with van der Waals surface area (Å²) >= 11 is 1.86. The van der Waals surface area contributed by atoms with E-state index < -0.39 is 0 Å². The average molecular weight is 238 g/mol. The van der Waals surface area contributed by atoms with Crippen molar-refractivity contribution in [3.63, 3.8) is 0 Å². The molecule has 2 heterocycles. The largest absolute Gasteiger partial charge is 0.370 e. The van der Waals surface area contributed by atoms with Gasteiger partial charge in [0.1, 0.15) is 0 Å². The normalized spacial score (nSPS) is 17.8. The Morgan fingerprint density at radius 3 is 3.19 bits per heavy atom. The number of guanidine groups is 1. The molecule has 0 spiro atoms. The van der Waals surface area contributed by atoms with Crippen molar-refractivity contribution in [1.82, 2.24) is 4.90 Å². The van der Waals surface area contributed by atoms with E-state index in [9.17, 15) is 0 Å². The van der Waals surface area contributed by atoms with Crippen molar-refractivity contribution in [2.75, 3.05) is 13.1 Å². The Kier molecular flexibility index (Phi) is 3.46. The minimum absolute atomic E-state index is 0.181. The van der Waals surface area contributed by atoms with Crippen molar-refractivity contribution in [3.05, 3.63) is 21.9 Å². The van der Waals surface area contributed by atoms with Crippen molar-refractivity contribution < 1.29 is 0 Å². The van der Waals surface area contributed by atoms with Crippen molar-refractivity contribution >= 4 is 17.3 Å². The topological polar surface area (TPSA) is 67.6 Å². The highest BCUT2D eigenvalue weighted by Gasteiger charge is 2.20. The number of thiophene rings is 1. The molecule has 1 aliphatic heterocycles. The van der Waals surface area contributed by atoms with E-state index >= 15 is 0 Å². The van der Waals surface area contributed by atoms with Gasteiger partial charge in [-0.2, -0.15) is 0 Å². The fraction of sp³-hybridized carbons (Fsp3) is 0.545. The van der Waals surface area contributed by atoms with Gasteiger partial charge in [-0.05, 0) is 30.4 Å². The lowest BCUT2D eigenvalue weighted by Crippen LogP contribution is -2.39. The van der Waals surface area contributed by atoms with Crippen LogP contribution in [0.5, 0.6) is 0 Å². The first-order valence-corrected chi connectivity index (χ1v) is 6.39. The van der Waals surface area contributed by atoms with Crippen LogP contribution >= 0.6 is 11.3 Å². The maximum absolute atomic E-state index is 5.34. The second kappa shape index (κ2) is 4.84. The first-order valence-electron chi connectivity index (χ1n) is 5.51. The van der Waals surface area contributed by atoms with Crippen molar-refractivity contribution in [2.24, 2.45) is 16.5 Å². The molecule has 5 heteroatoms. The zero-order valence-corrected chi connectivity index (χ0v) is 10.3. The van der Waals surface area contributed by atoms with Crippen LogP contribution in [0.15, 0.2) is 16.4 Å². The zero-order valence-electron chi connectivity index (χ0n) is 9.52. The molecule has 16 heavy (non-hydrogen) atoms. The summed E-state index contributed by atoms with van der Waals surface area (Å²) in [7, 11) is 0. The van der Waals surface area contributed by atoms with Crippen LogP contribution in [0.4, 0.5) is 0 Å². The molecule has 0 amide bonds. The number of aliphatic imine (C=N–C) groups is 1. The van der Waals surface area contributed by atoms with E-state index in [0.29, 0.717) is 12.6 Å². The van der Waals surface area contributed by atoms with Crippen LogP contribution in [-0.2, 0) is 13.0 Å². The highest BCUT2D eigenvalue weighted by Crippen LogP contribution is 2.25. The minimum Gasteiger partial charge on any atom is -0.370 e. The lowest BCUT2D eigenvalue weighted by Gasteiger charge is -2.31. The number of rotatable bonds is 3. The lowest BCUT2D eigenvalue weighted by atomic mass is 10.1. The molecule has 0 bridgehead atoms. The smallest absolute Gasteiger partial charge is 0.185 e. The number of nitrogens with zero attached hydrogens (tertiary/aromatic N) is 2. The zero-order chi connectivity index (χ0) is 11.5. The van der Waals surface area contributed by atoms with E-state index in [0.717, 1.165) is 19.5 Å². The molecule has 4 N–H and O–H groups in total. The predicted octanol–water partition coefficient (Wildman–Crippen LogP) is 0.768. The number of fused-ring (bicyclic) bond motifs is 1. The maximum Gasteiger partial charge on any atom is 0.185 e. The summed E-state index contributed by atoms with van der Waals surface area (Å²) in [5.41, 5.74) is 12.1. The van der Waals surface area contributed by atoms with Gasteiger partial charge in [0.05, 0.1) is 6.54 Å². The first-order chi connectivity index (χ1) is 7.66. The van der Waals surface area contributed by atoms with Gasteiger partial charge in [-0.3, -0.25) is 9.89 Å². The Bertz CT molecular complexity index is 381. The molecule has 4 nitrogen and oxygen atoms in total. The highest BCUT2D eigenvalue weighted by atomic mass is 32.1. The summed E-state index contributed by atoms with van der Waals surface area (Å²) in [6.07, 6.45) is 1.15. The summed E-state index contributed by atoms with van der Waals surface area (Å²) in [5.74, 6) is 0.181. The van der Waals surface area contributed by atoms with Crippen LogP contribution in [0.3, 0.4) is 0 Å². The molecule has 0 saturated carbocycles. The van der Waals surface area contributed by atoms with Gasteiger partial charge in [0, 0.05) is 24.0 Å². The average Bonchev–Trinajstić information content (AvgIpc) is 2.72. The predicted molar refractivity (Wildman–Crippen MR) is 68.6 cm³/mol. The van der Waals surface area contributed by atoms with Crippen LogP contribution < -0.4 is 11.5 Å². The van der Waals surface area contributed by atoms with Gasteiger partial charge in [0.2, 0.25) is 0 Å². The Morgan fingerprint density at radius 2 is 2.44 bits per heavy atom. The van der Waals surface area contributed by atoms with Crippen LogP contribution in [0, 0.1) is 0 Å². The van der Waals surface area contributed by atoms with Crippen LogP contribution in [0.1, 0.15) is 17.4 Å². The fourth-order valence-corrected chi connectivity index (χ4v) is 2.89. The molecule has 0 aliphatic carbocycles. The summed E-state index contributed by atoms with van der Waals surface area (Å²) in [6.45, 7) is 4.99. The third-order valence-corrected chi connectivity index (χ3v) is 4.02. The molecule has 1 unspecified atom stereocenters. The minimum atomic E-state index is 0.181. The van der Waals surface area contributed by atoms with Crippen molar-refractivity contribution in [3.8, 4) is 0 Å². The Balaban J connectivity index is 1.95. The maximum atomic E-state index is 5.34. The first kappa shape index (κ1) is 11.4. The third kappa shape index (κ3) is 2.54. The Labute approximate surface area is 100.0 Å². The Hall–Kier alpha value is -1.07. The molecule has 88 valence electrons. The lowest BCUT2D eigenvalue weighted by molar-refractivity contribution is 0.197. The van der Waals surface area contributed by atoms with Crippen molar-refractivity contribution in [2.45, 2.75) is 25.9 Å². The second-order valence-electron chi connectivity index (χ2n) is 4.20. The standard InChI is InChI=1S/C11H18N4S/c1-8(6-14-11(12)13)15-4-2-10-9(7-15)3-5-16-10/h3,5,8H,2,4,6-7H2,1H3,(H4,12,13,14). The van der Waals surface area contributed by atoms with E-state index in [4.69, 9.17) is 11.5 Å². The number of hydrogen-bond donors (Lipinski definition) is 2. The van der Waals surface area contributed by atoms with Crippen molar-refractivity contribution in [1.29, 1.82) is 0 Å². The van der Waals surface area contributed by atoms with Gasteiger partial charge in [0.15, 0.2) is 5.96 Å². The van der Waals surface area contributed by atoms with Gasteiger partial charge in [0.25, 0.3) is 0 Å². The molecule has 1 atom stereocenters. The number of hydrogen-bond acceptors (Lipinski definition) is 3. The molecule has 0 fully saturated rings. The molecule has 1 aliphatic rings. The van der Waals surface area contributed by atoms with Gasteiger partial charge < -0.3 is 11.5 Å². The van der Waals surface area contributed by atoms with E-state index in [2.05, 4.69) is 28.3 Å². The Morgan fingerprint density at radius 1 is 1.62 bits per heavy atom. The third-order valence-electron chi connectivity index (χ3n) is 3.00. The molecule has 1 aromatic rings. The van der Waals surface area contributed by atoms with Crippen LogP contribution in [-0.4, -0.2) is 30.0 Å². The van der Waals surface area contributed by atoms with Gasteiger partial charge >= 0.3 is 0 Å². The van der Waals surface area contributed by atoms with Crippen LogP contribution in [0.2, 0.25) is 0 Å². The molecule has 0 saturated heterocycles. The highest BCUT2D eigenvalue weighted by molar-refractivity contribution is 7.10. The molecular weight excluding hydrogens is 220 g/mol. The number of nitrogens with two attached hydrogens (primary N) is 2. The molecule has 2 rings (SSSR count). The van der Waals surface area contributed by atoms with Gasteiger partial charge in [-0.1, -0.05) is 0 Å². The quantitative estimate of drug-likeness (QED) is 0.603. The van der Waals surface area contributed by atoms with E-state index in [1.807, 2.05) is 11.3 Å². The van der Waals surface area contributed by atoms with Gasteiger partial charge in [-0.25, -0.2) is 0 Å².